The molecule has 1 aliphatic heterocycles. The van der Waals surface area contributed by atoms with Crippen LogP contribution in [0.1, 0.15) is 39.7 Å². The molecule has 4 aromatic rings. The summed E-state index contributed by atoms with van der Waals surface area (Å²) in [5, 5.41) is 3.11. The van der Waals surface area contributed by atoms with Crippen LogP contribution in [0.3, 0.4) is 0 Å². The number of benzene rings is 4. The fourth-order valence-corrected chi connectivity index (χ4v) is 6.87. The Morgan fingerprint density at radius 2 is 1.21 bits per heavy atom. The molecule has 3 amide bonds. The van der Waals surface area contributed by atoms with E-state index in [9.17, 15) is 14.4 Å². The number of carbonyl (C=O) groups is 3. The van der Waals surface area contributed by atoms with Gasteiger partial charge >= 0.3 is 0 Å². The Balaban J connectivity index is 1.21. The smallest absolute Gasteiger partial charge is 0.238 e. The van der Waals surface area contributed by atoms with Gasteiger partial charge in [0, 0.05) is 11.8 Å². The number of rotatable bonds is 4. The zero-order valence-electron chi connectivity index (χ0n) is 20.3. The molecule has 4 aromatic carbocycles. The predicted molar refractivity (Wildman–Crippen MR) is 146 cm³/mol. The number of nitrogens with zero attached hydrogens (tertiary/aromatic N) is 1. The maximum Gasteiger partial charge on any atom is 0.238 e. The van der Waals surface area contributed by atoms with Crippen LogP contribution in [0.5, 0.6) is 0 Å². The van der Waals surface area contributed by atoms with Crippen molar-refractivity contribution in [1.29, 1.82) is 0 Å². The van der Waals surface area contributed by atoms with E-state index in [0.29, 0.717) is 11.4 Å². The molecule has 0 spiro atoms. The summed E-state index contributed by atoms with van der Waals surface area (Å²) in [6, 6.07) is 30.7. The van der Waals surface area contributed by atoms with Crippen LogP contribution in [0.15, 0.2) is 97.1 Å². The highest BCUT2D eigenvalue weighted by Gasteiger charge is 2.61. The Morgan fingerprint density at radius 1 is 0.711 bits per heavy atom. The lowest BCUT2D eigenvalue weighted by atomic mass is 9.55. The predicted octanol–water partition coefficient (Wildman–Crippen LogP) is 5.92. The first-order valence-corrected chi connectivity index (χ1v) is 13.1. The first-order valence-electron chi connectivity index (χ1n) is 12.7. The summed E-state index contributed by atoms with van der Waals surface area (Å²) < 4.78 is 0. The topological polar surface area (TPSA) is 66.5 Å². The minimum atomic E-state index is -0.457. The zero-order chi connectivity index (χ0) is 26.0. The largest absolute Gasteiger partial charge is 0.324 e. The van der Waals surface area contributed by atoms with E-state index in [1.165, 1.54) is 4.90 Å². The molecule has 1 N–H and O–H groups in total. The summed E-state index contributed by atoms with van der Waals surface area (Å²) in [6.07, 6.45) is 0.218. The van der Waals surface area contributed by atoms with Crippen LogP contribution in [-0.2, 0) is 20.8 Å². The Bertz CT molecular complexity index is 1520. The van der Waals surface area contributed by atoms with Gasteiger partial charge in [0.15, 0.2) is 0 Å². The zero-order valence-corrected chi connectivity index (χ0v) is 21.1. The third-order valence-electron chi connectivity index (χ3n) is 8.14. The second kappa shape index (κ2) is 8.67. The van der Waals surface area contributed by atoms with Gasteiger partial charge in [-0.25, -0.2) is 4.90 Å². The average Bonchev–Trinajstić information content (AvgIpc) is 3.20. The fraction of sp³-hybridized carbons (Fsp3) is 0.156. The number of hydrogen-bond acceptors (Lipinski definition) is 3. The molecule has 6 heteroatoms. The maximum absolute atomic E-state index is 13.9. The monoisotopic (exact) mass is 518 g/mol. The van der Waals surface area contributed by atoms with Crippen molar-refractivity contribution >= 4 is 40.7 Å². The number of imide groups is 1. The van der Waals surface area contributed by atoms with Gasteiger partial charge in [0.05, 0.1) is 34.7 Å². The SMILES string of the molecule is O=C(Cc1ccccc1)Nc1ccc(N2C(=O)[C@@H]3C4c5ccccc5C(c5ccccc54)[C@H]3C2=O)cc1Cl. The fourth-order valence-electron chi connectivity index (χ4n) is 6.65. The van der Waals surface area contributed by atoms with Crippen molar-refractivity contribution in [2.45, 2.75) is 18.3 Å². The molecule has 2 bridgehead atoms. The standard InChI is InChI=1S/C32H23ClN2O3/c33-24-17-19(14-15-25(24)34-26(36)16-18-8-2-1-3-9-18)35-31(37)29-27-20-10-4-5-11-21(20)28(30(29)32(35)38)23-13-7-6-12-22(23)27/h1-15,17,27-30H,16H2,(H,34,36)/t27?,28?,29-,30-/m1/s1. The van der Waals surface area contributed by atoms with Crippen molar-refractivity contribution in [3.8, 4) is 0 Å². The minimum Gasteiger partial charge on any atom is -0.324 e. The number of amides is 3. The summed E-state index contributed by atoms with van der Waals surface area (Å²) >= 11 is 6.55. The first kappa shape index (κ1) is 22.9. The van der Waals surface area contributed by atoms with Crippen LogP contribution < -0.4 is 10.2 Å². The summed E-state index contributed by atoms with van der Waals surface area (Å²) in [5.41, 5.74) is 6.29. The highest BCUT2D eigenvalue weighted by atomic mass is 35.5. The van der Waals surface area contributed by atoms with Crippen molar-refractivity contribution < 1.29 is 14.4 Å². The van der Waals surface area contributed by atoms with Gasteiger partial charge in [-0.3, -0.25) is 14.4 Å². The van der Waals surface area contributed by atoms with Gasteiger partial charge in [0.25, 0.3) is 0 Å². The molecule has 3 aliphatic carbocycles. The van der Waals surface area contributed by atoms with Crippen molar-refractivity contribution in [2.75, 3.05) is 10.2 Å². The number of anilines is 2. The van der Waals surface area contributed by atoms with Crippen molar-refractivity contribution in [1.82, 2.24) is 0 Å². The molecule has 1 fully saturated rings. The normalized spacial score (nSPS) is 22.6. The van der Waals surface area contributed by atoms with Gasteiger partial charge in [-0.2, -0.15) is 0 Å². The van der Waals surface area contributed by atoms with E-state index in [4.69, 9.17) is 11.6 Å². The number of carbonyl (C=O) groups excluding carboxylic acids is 3. The molecular weight excluding hydrogens is 496 g/mol. The molecule has 1 heterocycles. The number of halogens is 1. The second-order valence-electron chi connectivity index (χ2n) is 10.2. The molecule has 4 aliphatic rings. The van der Waals surface area contributed by atoms with Gasteiger partial charge in [0.1, 0.15) is 0 Å². The third kappa shape index (κ3) is 3.35. The molecule has 8 rings (SSSR count). The Kier molecular flexibility index (Phi) is 5.24. The average molecular weight is 519 g/mol. The first-order chi connectivity index (χ1) is 18.5. The lowest BCUT2D eigenvalue weighted by Gasteiger charge is -2.45. The molecule has 38 heavy (non-hydrogen) atoms. The van der Waals surface area contributed by atoms with E-state index >= 15 is 0 Å². The summed E-state index contributed by atoms with van der Waals surface area (Å²) in [5.74, 6) is -1.83. The molecule has 1 saturated heterocycles. The quantitative estimate of drug-likeness (QED) is 0.341. The van der Waals surface area contributed by atoms with Crippen LogP contribution in [0.25, 0.3) is 0 Å². The van der Waals surface area contributed by atoms with E-state index in [0.717, 1.165) is 27.8 Å². The molecule has 0 saturated carbocycles. The Morgan fingerprint density at radius 3 is 1.71 bits per heavy atom. The molecule has 0 unspecified atom stereocenters. The Hall–Kier alpha value is -4.22. The summed E-state index contributed by atoms with van der Waals surface area (Å²) in [4.78, 5) is 41.7. The molecule has 5 nitrogen and oxygen atoms in total. The van der Waals surface area contributed by atoms with E-state index in [-0.39, 0.29) is 41.0 Å². The number of hydrogen-bond donors (Lipinski definition) is 1. The summed E-state index contributed by atoms with van der Waals surface area (Å²) in [7, 11) is 0. The van der Waals surface area contributed by atoms with E-state index in [1.807, 2.05) is 54.6 Å². The minimum absolute atomic E-state index is 0.161. The molecular formula is C32H23ClN2O3. The van der Waals surface area contributed by atoms with Gasteiger partial charge < -0.3 is 5.32 Å². The van der Waals surface area contributed by atoms with Crippen molar-refractivity contribution in [3.63, 3.8) is 0 Å². The van der Waals surface area contributed by atoms with Gasteiger partial charge in [-0.1, -0.05) is 90.5 Å². The second-order valence-corrected chi connectivity index (χ2v) is 10.6. The van der Waals surface area contributed by atoms with E-state index in [1.54, 1.807) is 18.2 Å². The van der Waals surface area contributed by atoms with Crippen molar-refractivity contribution in [2.24, 2.45) is 11.8 Å². The highest BCUT2D eigenvalue weighted by molar-refractivity contribution is 6.34. The maximum atomic E-state index is 13.9. The molecule has 0 radical (unpaired) electrons. The van der Waals surface area contributed by atoms with Gasteiger partial charge in [-0.15, -0.1) is 0 Å². The van der Waals surface area contributed by atoms with Crippen LogP contribution in [0, 0.1) is 11.8 Å². The van der Waals surface area contributed by atoms with E-state index in [2.05, 4.69) is 29.6 Å². The van der Waals surface area contributed by atoms with Crippen molar-refractivity contribution in [3.05, 3.63) is 130 Å². The van der Waals surface area contributed by atoms with Crippen LogP contribution in [-0.4, -0.2) is 17.7 Å². The van der Waals surface area contributed by atoms with Crippen LogP contribution in [0.4, 0.5) is 11.4 Å². The lowest BCUT2D eigenvalue weighted by Crippen LogP contribution is -2.41. The third-order valence-corrected chi connectivity index (χ3v) is 8.45. The molecule has 186 valence electrons. The Labute approximate surface area is 225 Å². The highest BCUT2D eigenvalue weighted by Crippen LogP contribution is 2.61. The van der Waals surface area contributed by atoms with E-state index < -0.39 is 11.8 Å². The lowest BCUT2D eigenvalue weighted by molar-refractivity contribution is -0.122. The number of nitrogens with one attached hydrogen (secondary N) is 1. The van der Waals surface area contributed by atoms with Gasteiger partial charge in [0.2, 0.25) is 17.7 Å². The summed E-state index contributed by atoms with van der Waals surface area (Å²) in [6.45, 7) is 0. The van der Waals surface area contributed by atoms with Crippen LogP contribution >= 0.6 is 11.6 Å². The van der Waals surface area contributed by atoms with Crippen LogP contribution in [0.2, 0.25) is 5.02 Å². The molecule has 2 atom stereocenters. The molecule has 0 aromatic heterocycles. The van der Waals surface area contributed by atoms with Gasteiger partial charge in [-0.05, 0) is 46.0 Å².